The van der Waals surface area contributed by atoms with Crippen molar-refractivity contribution in [1.29, 1.82) is 0 Å². The van der Waals surface area contributed by atoms with Crippen LogP contribution < -0.4 is 0 Å². The summed E-state index contributed by atoms with van der Waals surface area (Å²) in [6.45, 7) is 10.2. The molecule has 0 nitrogen and oxygen atoms in total. The summed E-state index contributed by atoms with van der Waals surface area (Å²) in [5.41, 5.74) is -1.93. The lowest BCUT2D eigenvalue weighted by atomic mass is 9.85. The van der Waals surface area contributed by atoms with Crippen LogP contribution in [0.15, 0.2) is 49.4 Å². The van der Waals surface area contributed by atoms with E-state index in [9.17, 15) is 13.2 Å². The van der Waals surface area contributed by atoms with Gasteiger partial charge in [-0.15, -0.1) is 13.2 Å². The molecule has 0 N–H and O–H groups in total. The summed E-state index contributed by atoms with van der Waals surface area (Å²) >= 11 is 0. The summed E-state index contributed by atoms with van der Waals surface area (Å²) < 4.78 is 38.5. The van der Waals surface area contributed by atoms with Crippen LogP contribution in [0.4, 0.5) is 13.2 Å². The van der Waals surface area contributed by atoms with Crippen molar-refractivity contribution >= 4 is 0 Å². The summed E-state index contributed by atoms with van der Waals surface area (Å²) in [4.78, 5) is 0. The Morgan fingerprint density at radius 1 is 1.15 bits per heavy atom. The number of hydrogen-bond donors (Lipinski definition) is 0. The average molecular weight is 188 g/mol. The predicted octanol–water partition coefficient (Wildman–Crippen LogP) is 4.00. The molecule has 3 heteroatoms. The Morgan fingerprint density at radius 3 is 1.62 bits per heavy atom. The summed E-state index contributed by atoms with van der Waals surface area (Å²) in [6.07, 6.45) is 1.83. The van der Waals surface area contributed by atoms with Crippen molar-refractivity contribution in [3.05, 3.63) is 49.4 Å². The van der Waals surface area contributed by atoms with Gasteiger partial charge in [0.15, 0.2) is 5.83 Å². The molecule has 0 spiro atoms. The van der Waals surface area contributed by atoms with Crippen LogP contribution >= 0.6 is 0 Å². The van der Waals surface area contributed by atoms with E-state index in [0.29, 0.717) is 0 Å². The first-order chi connectivity index (χ1) is 5.92. The maximum atomic E-state index is 13.2. The van der Waals surface area contributed by atoms with Crippen LogP contribution in [-0.4, -0.2) is 0 Å². The van der Waals surface area contributed by atoms with Gasteiger partial charge in [0.25, 0.3) is 0 Å². The zero-order valence-electron chi connectivity index (χ0n) is 7.41. The quantitative estimate of drug-likeness (QED) is 0.585. The summed E-state index contributed by atoms with van der Waals surface area (Å²) in [5.74, 6) is -3.43. The molecule has 0 saturated carbocycles. The molecule has 0 aliphatic carbocycles. The molecule has 13 heavy (non-hydrogen) atoms. The molecular formula is C10H11F3. The zero-order chi connectivity index (χ0) is 10.6. The minimum atomic E-state index is -1.93. The van der Waals surface area contributed by atoms with Crippen molar-refractivity contribution in [3.63, 3.8) is 0 Å². The lowest BCUT2D eigenvalue weighted by molar-refractivity contribution is 0.387. The maximum Gasteiger partial charge on any atom is 0.151 e. The third-order valence-electron chi connectivity index (χ3n) is 1.76. The number of halogens is 3. The monoisotopic (exact) mass is 188 g/mol. The van der Waals surface area contributed by atoms with Gasteiger partial charge in [0.2, 0.25) is 0 Å². The third-order valence-corrected chi connectivity index (χ3v) is 1.76. The smallest absolute Gasteiger partial charge is 0.151 e. The fraction of sp³-hybridized carbons (Fsp3) is 0.200. The SMILES string of the molecule is C=CC(C=C)(C(=C)F)/C(F)=C(\C)F. The van der Waals surface area contributed by atoms with Crippen molar-refractivity contribution in [3.8, 4) is 0 Å². The van der Waals surface area contributed by atoms with E-state index < -0.39 is 22.9 Å². The Hall–Kier alpha value is -1.25. The van der Waals surface area contributed by atoms with Gasteiger partial charge < -0.3 is 0 Å². The highest BCUT2D eigenvalue weighted by Crippen LogP contribution is 2.40. The van der Waals surface area contributed by atoms with E-state index in [2.05, 4.69) is 19.7 Å². The Balaban J connectivity index is 5.50. The lowest BCUT2D eigenvalue weighted by Gasteiger charge is -2.22. The number of allylic oxidation sites excluding steroid dienone is 5. The van der Waals surface area contributed by atoms with Crippen LogP contribution in [0.1, 0.15) is 6.92 Å². The van der Waals surface area contributed by atoms with E-state index in [1.165, 1.54) is 0 Å². The molecule has 72 valence electrons. The fourth-order valence-corrected chi connectivity index (χ4v) is 0.888. The second kappa shape index (κ2) is 4.12. The Labute approximate surface area is 75.8 Å². The summed E-state index contributed by atoms with van der Waals surface area (Å²) in [6, 6.07) is 0. The second-order valence-electron chi connectivity index (χ2n) is 2.53. The molecule has 0 aromatic carbocycles. The van der Waals surface area contributed by atoms with Gasteiger partial charge in [0, 0.05) is 0 Å². The summed E-state index contributed by atoms with van der Waals surface area (Å²) in [5, 5.41) is 0. The molecule has 0 aromatic heterocycles. The molecule has 0 unspecified atom stereocenters. The Morgan fingerprint density at radius 2 is 1.54 bits per heavy atom. The molecule has 0 radical (unpaired) electrons. The van der Waals surface area contributed by atoms with Gasteiger partial charge in [-0.1, -0.05) is 18.7 Å². The predicted molar refractivity (Wildman–Crippen MR) is 48.0 cm³/mol. The minimum absolute atomic E-state index is 0.889. The molecule has 0 aliphatic rings. The number of rotatable bonds is 4. The fourth-order valence-electron chi connectivity index (χ4n) is 0.888. The van der Waals surface area contributed by atoms with E-state index in [-0.39, 0.29) is 0 Å². The van der Waals surface area contributed by atoms with Gasteiger partial charge in [-0.3, -0.25) is 0 Å². The van der Waals surface area contributed by atoms with Gasteiger partial charge in [-0.25, -0.2) is 13.2 Å². The molecular weight excluding hydrogens is 177 g/mol. The average Bonchev–Trinajstić information content (AvgIpc) is 2.06. The van der Waals surface area contributed by atoms with E-state index in [1.807, 2.05) is 0 Å². The highest BCUT2D eigenvalue weighted by molar-refractivity contribution is 5.34. The van der Waals surface area contributed by atoms with E-state index in [0.717, 1.165) is 19.1 Å². The molecule has 0 fully saturated rings. The number of hydrogen-bond acceptors (Lipinski definition) is 0. The van der Waals surface area contributed by atoms with Crippen LogP contribution in [0.25, 0.3) is 0 Å². The largest absolute Gasteiger partial charge is 0.211 e. The third kappa shape index (κ3) is 1.91. The Bertz CT molecular complexity index is 262. The molecule has 0 bridgehead atoms. The van der Waals surface area contributed by atoms with Crippen LogP contribution in [0.3, 0.4) is 0 Å². The second-order valence-corrected chi connectivity index (χ2v) is 2.53. The highest BCUT2D eigenvalue weighted by atomic mass is 19.2. The van der Waals surface area contributed by atoms with Crippen molar-refractivity contribution in [1.82, 2.24) is 0 Å². The standard InChI is InChI=1S/C10H11F3/c1-5-10(6-2,8(4)12)9(13)7(3)11/h5-6H,1-2,4H2,3H3/b9-7-. The van der Waals surface area contributed by atoms with Crippen molar-refractivity contribution in [2.75, 3.05) is 0 Å². The van der Waals surface area contributed by atoms with Crippen LogP contribution in [0.5, 0.6) is 0 Å². The topological polar surface area (TPSA) is 0 Å². The van der Waals surface area contributed by atoms with Gasteiger partial charge in [0.05, 0.1) is 0 Å². The van der Waals surface area contributed by atoms with Crippen molar-refractivity contribution in [2.45, 2.75) is 6.92 Å². The van der Waals surface area contributed by atoms with Gasteiger partial charge in [-0.05, 0) is 6.92 Å². The lowest BCUT2D eigenvalue weighted by Crippen LogP contribution is -2.16. The molecule has 0 heterocycles. The Kier molecular flexibility index (Phi) is 3.72. The zero-order valence-corrected chi connectivity index (χ0v) is 7.41. The summed E-state index contributed by atoms with van der Waals surface area (Å²) in [7, 11) is 0. The van der Waals surface area contributed by atoms with E-state index >= 15 is 0 Å². The molecule has 0 aliphatic heterocycles. The van der Waals surface area contributed by atoms with Gasteiger partial charge in [-0.2, -0.15) is 0 Å². The van der Waals surface area contributed by atoms with E-state index in [1.54, 1.807) is 0 Å². The van der Waals surface area contributed by atoms with Crippen LogP contribution in [0, 0.1) is 5.41 Å². The minimum Gasteiger partial charge on any atom is -0.211 e. The first-order valence-corrected chi connectivity index (χ1v) is 3.56. The molecule has 0 saturated heterocycles. The molecule has 0 aromatic rings. The van der Waals surface area contributed by atoms with Crippen molar-refractivity contribution in [2.24, 2.45) is 5.41 Å². The van der Waals surface area contributed by atoms with E-state index in [4.69, 9.17) is 0 Å². The first kappa shape index (κ1) is 11.8. The first-order valence-electron chi connectivity index (χ1n) is 3.56. The molecule has 0 rings (SSSR count). The molecule has 0 atom stereocenters. The highest BCUT2D eigenvalue weighted by Gasteiger charge is 2.34. The van der Waals surface area contributed by atoms with Gasteiger partial charge >= 0.3 is 0 Å². The maximum absolute atomic E-state index is 13.2. The van der Waals surface area contributed by atoms with Crippen molar-refractivity contribution < 1.29 is 13.2 Å². The van der Waals surface area contributed by atoms with Crippen LogP contribution in [-0.2, 0) is 0 Å². The van der Waals surface area contributed by atoms with Crippen LogP contribution in [0.2, 0.25) is 0 Å². The van der Waals surface area contributed by atoms with Gasteiger partial charge in [0.1, 0.15) is 17.1 Å². The normalized spacial score (nSPS) is 13.2. The molecule has 0 amide bonds.